The Morgan fingerprint density at radius 1 is 1.12 bits per heavy atom. The highest BCUT2D eigenvalue weighted by Gasteiger charge is 2.32. The third kappa shape index (κ3) is 6.99. The average Bonchev–Trinajstić information content (AvgIpc) is 3.49. The molecule has 2 bridgehead atoms. The molecule has 6 rings (SSSR count). The van der Waals surface area contributed by atoms with Gasteiger partial charge in [0, 0.05) is 40.5 Å². The normalized spacial score (nSPS) is 16.9. The summed E-state index contributed by atoms with van der Waals surface area (Å²) in [5.74, 6) is 5.27. The summed E-state index contributed by atoms with van der Waals surface area (Å²) in [7, 11) is 0. The second-order valence-electron chi connectivity index (χ2n) is 11.6. The molecule has 18 heteroatoms. The number of rotatable bonds is 5. The van der Waals surface area contributed by atoms with Gasteiger partial charge in [-0.2, -0.15) is 18.3 Å². The van der Waals surface area contributed by atoms with Crippen LogP contribution in [0.5, 0.6) is 0 Å². The number of hydrogen-bond acceptors (Lipinski definition) is 10. The van der Waals surface area contributed by atoms with E-state index < -0.39 is 35.0 Å². The van der Waals surface area contributed by atoms with Crippen LogP contribution in [0.15, 0.2) is 89.1 Å². The van der Waals surface area contributed by atoms with Crippen molar-refractivity contribution in [2.24, 2.45) is 17.5 Å². The summed E-state index contributed by atoms with van der Waals surface area (Å²) in [6.45, 7) is 1.78. The summed E-state index contributed by atoms with van der Waals surface area (Å²) < 4.78 is 42.1. The van der Waals surface area contributed by atoms with Crippen molar-refractivity contribution in [3.63, 3.8) is 0 Å². The zero-order chi connectivity index (χ0) is 35.7. The number of halogens is 4. The number of amides is 1. The topological polar surface area (TPSA) is 196 Å². The number of carbonyl (C=O) groups is 1. The van der Waals surface area contributed by atoms with Crippen LogP contribution in [0.25, 0.3) is 28.2 Å². The maximum absolute atomic E-state index is 13.8. The smallest absolute Gasteiger partial charge is 0.393 e. The number of hydrogen-bond donors (Lipinski definition) is 4. The van der Waals surface area contributed by atoms with Crippen molar-refractivity contribution < 1.29 is 18.0 Å². The first-order chi connectivity index (χ1) is 23.8. The van der Waals surface area contributed by atoms with E-state index in [2.05, 4.69) is 30.4 Å². The Bertz CT molecular complexity index is 2230. The molecule has 0 spiro atoms. The molecule has 0 saturated carbocycles. The Morgan fingerprint density at radius 2 is 1.92 bits per heavy atom. The summed E-state index contributed by atoms with van der Waals surface area (Å²) in [4.78, 5) is 55.0. The van der Waals surface area contributed by atoms with E-state index in [0.29, 0.717) is 53.1 Å². The molecule has 14 nitrogen and oxygen atoms in total. The molecule has 2 atom stereocenters. The van der Waals surface area contributed by atoms with Crippen LogP contribution in [-0.2, 0) is 4.79 Å². The average molecular weight is 708 g/mol. The maximum atomic E-state index is 13.8. The number of carbonyl (C=O) groups excluding carboxylic acids is 1. The Morgan fingerprint density at radius 3 is 2.66 bits per heavy atom. The summed E-state index contributed by atoms with van der Waals surface area (Å²) in [6, 6.07) is 8.24. The van der Waals surface area contributed by atoms with E-state index in [0.717, 1.165) is 0 Å². The fourth-order valence-electron chi connectivity index (χ4n) is 5.54. The lowest BCUT2D eigenvalue weighted by atomic mass is 9.97. The molecule has 1 aromatic carbocycles. The molecule has 1 aliphatic rings. The number of benzene rings is 1. The molecule has 0 fully saturated rings. The molecular weight excluding hydrogens is 679 g/mol. The molecule has 258 valence electrons. The lowest BCUT2D eigenvalue weighted by Gasteiger charge is -2.22. The molecule has 1 amide bonds. The number of nitrogens with one attached hydrogen (secondary N) is 2. The van der Waals surface area contributed by atoms with Crippen molar-refractivity contribution in [2.75, 3.05) is 10.3 Å². The van der Waals surface area contributed by atoms with Gasteiger partial charge in [-0.3, -0.25) is 28.9 Å². The van der Waals surface area contributed by atoms with Crippen molar-refractivity contribution >= 4 is 28.9 Å². The van der Waals surface area contributed by atoms with Gasteiger partial charge in [0.15, 0.2) is 0 Å². The van der Waals surface area contributed by atoms with Crippen LogP contribution < -0.4 is 33.0 Å². The van der Waals surface area contributed by atoms with Gasteiger partial charge in [-0.05, 0) is 43.2 Å². The van der Waals surface area contributed by atoms with Gasteiger partial charge >= 0.3 is 6.18 Å². The van der Waals surface area contributed by atoms with E-state index in [-0.39, 0.29) is 33.6 Å². The van der Waals surface area contributed by atoms with E-state index in [4.69, 9.17) is 23.2 Å². The van der Waals surface area contributed by atoms with Crippen LogP contribution in [-0.4, -0.2) is 46.4 Å². The number of fused-ring (bicyclic) bond motifs is 4. The number of aromatic nitrogens is 7. The predicted molar refractivity (Wildman–Crippen MR) is 179 cm³/mol. The SMILES string of the molecule is CC1CCCC(n2cnc(-c3cc(Cl)ccc3N(N)/C=C(\N)C(F)(F)F)cc2=O)c2cc(ccn2)-c2nn(-c3cnc[nH]c3=O)cc2NC1=O. The minimum absolute atomic E-state index is 0.0578. The molecule has 5 heterocycles. The third-order valence-corrected chi connectivity index (χ3v) is 8.40. The Labute approximate surface area is 286 Å². The molecule has 50 heavy (non-hydrogen) atoms. The number of nitrogens with zero attached hydrogens (tertiary/aromatic N) is 7. The molecule has 0 radical (unpaired) electrons. The minimum atomic E-state index is -4.82. The van der Waals surface area contributed by atoms with Crippen molar-refractivity contribution in [1.82, 2.24) is 34.3 Å². The van der Waals surface area contributed by atoms with Crippen LogP contribution in [0.2, 0.25) is 5.02 Å². The van der Waals surface area contributed by atoms with E-state index in [1.54, 1.807) is 25.3 Å². The van der Waals surface area contributed by atoms with Gasteiger partial charge < -0.3 is 16.0 Å². The highest BCUT2D eigenvalue weighted by molar-refractivity contribution is 6.31. The number of allylic oxidation sites excluding steroid dienone is 1. The van der Waals surface area contributed by atoms with Gasteiger partial charge in [0.25, 0.3) is 11.1 Å². The second kappa shape index (κ2) is 13.6. The zero-order valence-corrected chi connectivity index (χ0v) is 27.0. The third-order valence-electron chi connectivity index (χ3n) is 8.17. The molecule has 0 aliphatic carbocycles. The lowest BCUT2D eigenvalue weighted by molar-refractivity contribution is -0.119. The standard InChI is InChI=1S/C32H29ClF3N11O3/c1-17-3-2-4-25(22-9-18(7-8-40-22)29-23(43-30(17)49)13-47(44-29)26-12-39-15-41-31(26)50)45-16-42-21(11-28(45)48)20-10-19(33)5-6-24(20)46(38)14-27(37)32(34,35)36/h5-17,25H,2-4,37-38H2,1H3,(H,43,49)(H,39,41,50)/b27-14-. The fourth-order valence-corrected chi connectivity index (χ4v) is 5.71. The fraction of sp³-hybridized carbons (Fsp3) is 0.219. The van der Waals surface area contributed by atoms with Gasteiger partial charge in [-0.15, -0.1) is 0 Å². The van der Waals surface area contributed by atoms with Crippen LogP contribution in [0.4, 0.5) is 24.5 Å². The Kier molecular flexibility index (Phi) is 9.27. The monoisotopic (exact) mass is 707 g/mol. The number of H-pyrrole nitrogens is 1. The second-order valence-corrected chi connectivity index (χ2v) is 12.0. The molecule has 5 aromatic rings. The minimum Gasteiger partial charge on any atom is -0.393 e. The number of anilines is 2. The zero-order valence-electron chi connectivity index (χ0n) is 26.2. The van der Waals surface area contributed by atoms with Gasteiger partial charge in [-0.25, -0.2) is 20.5 Å². The molecule has 2 unspecified atom stereocenters. The van der Waals surface area contributed by atoms with Gasteiger partial charge in [0.05, 0.1) is 53.9 Å². The number of hydrazine groups is 1. The van der Waals surface area contributed by atoms with Gasteiger partial charge in [0.2, 0.25) is 5.91 Å². The van der Waals surface area contributed by atoms with Crippen LogP contribution in [0, 0.1) is 5.92 Å². The van der Waals surface area contributed by atoms with Crippen LogP contribution in [0.3, 0.4) is 0 Å². The number of aromatic amines is 1. The maximum Gasteiger partial charge on any atom is 0.432 e. The Balaban J connectivity index is 1.42. The molecule has 6 N–H and O–H groups in total. The first kappa shape index (κ1) is 34.1. The first-order valence-electron chi connectivity index (χ1n) is 15.2. The van der Waals surface area contributed by atoms with Crippen molar-refractivity contribution in [1.29, 1.82) is 0 Å². The van der Waals surface area contributed by atoms with Crippen LogP contribution >= 0.6 is 11.6 Å². The van der Waals surface area contributed by atoms with Crippen molar-refractivity contribution in [3.05, 3.63) is 111 Å². The lowest BCUT2D eigenvalue weighted by Crippen LogP contribution is -2.30. The number of alkyl halides is 3. The van der Waals surface area contributed by atoms with E-state index in [9.17, 15) is 27.6 Å². The first-order valence-corrected chi connectivity index (χ1v) is 15.5. The predicted octanol–water partition coefficient (Wildman–Crippen LogP) is 4.29. The van der Waals surface area contributed by atoms with E-state index in [1.165, 1.54) is 58.6 Å². The molecule has 1 aliphatic heterocycles. The highest BCUT2D eigenvalue weighted by Crippen LogP contribution is 2.34. The summed E-state index contributed by atoms with van der Waals surface area (Å²) in [6.07, 6.45) is 4.11. The van der Waals surface area contributed by atoms with Crippen molar-refractivity contribution in [3.8, 4) is 28.2 Å². The molecule has 4 aromatic heterocycles. The van der Waals surface area contributed by atoms with Crippen LogP contribution in [0.1, 0.15) is 37.9 Å². The summed E-state index contributed by atoms with van der Waals surface area (Å²) in [5, 5.41) is 8.43. The number of nitrogens with two attached hydrogens (primary N) is 2. The number of pyridine rings is 1. The largest absolute Gasteiger partial charge is 0.432 e. The van der Waals surface area contributed by atoms with Crippen molar-refractivity contribution in [2.45, 2.75) is 38.4 Å². The highest BCUT2D eigenvalue weighted by atomic mass is 35.5. The Hall–Kier alpha value is -5.81. The summed E-state index contributed by atoms with van der Waals surface area (Å²) >= 11 is 6.22. The quantitative estimate of drug-likeness (QED) is 0.151. The summed E-state index contributed by atoms with van der Waals surface area (Å²) in [5.41, 5.74) is 5.06. The van der Waals surface area contributed by atoms with E-state index >= 15 is 0 Å². The molecular formula is C32H29ClF3N11O3. The van der Waals surface area contributed by atoms with Gasteiger partial charge in [-0.1, -0.05) is 24.9 Å². The molecule has 0 saturated heterocycles. The van der Waals surface area contributed by atoms with E-state index in [1.807, 2.05) is 0 Å². The van der Waals surface area contributed by atoms with Gasteiger partial charge in [0.1, 0.15) is 17.1 Å².